The molecule has 1 heterocycles. The van der Waals surface area contributed by atoms with Gasteiger partial charge in [0.2, 0.25) is 5.82 Å². The molecule has 0 atom stereocenters. The number of rotatable bonds is 7. The smallest absolute Gasteiger partial charge is 0.264 e. The van der Waals surface area contributed by atoms with Crippen molar-refractivity contribution in [3.8, 4) is 5.88 Å². The predicted octanol–water partition coefficient (Wildman–Crippen LogP) is 4.31. The minimum atomic E-state index is -4.12. The molecule has 7 nitrogen and oxygen atoms in total. The van der Waals surface area contributed by atoms with Crippen molar-refractivity contribution in [2.75, 3.05) is 4.72 Å². The summed E-state index contributed by atoms with van der Waals surface area (Å²) in [6.45, 7) is -0.0637. The largest absolute Gasteiger partial charge is 0.470 e. The van der Waals surface area contributed by atoms with E-state index in [0.29, 0.717) is 5.56 Å². The second-order valence-electron chi connectivity index (χ2n) is 5.77. The Hall–Kier alpha value is -2.10. The number of sulfonamides is 1. The SMILES string of the molecule is O=S(=O)(Nc1ncc(Cl)nc1OCc1cccc(CO)c1)c1cccc(Cl)c1Cl. The van der Waals surface area contributed by atoms with Crippen molar-refractivity contribution in [2.45, 2.75) is 18.1 Å². The maximum Gasteiger partial charge on any atom is 0.264 e. The average Bonchev–Trinajstić information content (AvgIpc) is 2.70. The van der Waals surface area contributed by atoms with Crippen LogP contribution in [0.25, 0.3) is 0 Å². The first-order valence-corrected chi connectivity index (χ1v) is 10.7. The van der Waals surface area contributed by atoms with E-state index in [2.05, 4.69) is 14.7 Å². The van der Waals surface area contributed by atoms with Gasteiger partial charge < -0.3 is 9.84 Å². The molecule has 0 unspecified atom stereocenters. The molecule has 0 saturated carbocycles. The molecule has 0 aliphatic heterocycles. The summed E-state index contributed by atoms with van der Waals surface area (Å²) in [4.78, 5) is 7.74. The average molecular weight is 475 g/mol. The number of aromatic nitrogens is 2. The molecule has 0 radical (unpaired) electrons. The fourth-order valence-electron chi connectivity index (χ4n) is 2.37. The topological polar surface area (TPSA) is 101 Å². The number of nitrogens with one attached hydrogen (secondary N) is 1. The van der Waals surface area contributed by atoms with Crippen LogP contribution in [0.5, 0.6) is 5.88 Å². The van der Waals surface area contributed by atoms with E-state index in [4.69, 9.17) is 39.5 Å². The molecule has 0 aliphatic carbocycles. The Morgan fingerprint density at radius 3 is 2.55 bits per heavy atom. The summed E-state index contributed by atoms with van der Waals surface area (Å²) in [6.07, 6.45) is 1.18. The lowest BCUT2D eigenvalue weighted by molar-refractivity contribution is 0.279. The number of hydrogen-bond donors (Lipinski definition) is 2. The van der Waals surface area contributed by atoms with Gasteiger partial charge in [-0.15, -0.1) is 0 Å². The summed E-state index contributed by atoms with van der Waals surface area (Å²) in [7, 11) is -4.12. The highest BCUT2D eigenvalue weighted by atomic mass is 35.5. The van der Waals surface area contributed by atoms with Gasteiger partial charge in [-0.25, -0.2) is 13.4 Å². The van der Waals surface area contributed by atoms with E-state index in [1.807, 2.05) is 0 Å². The normalized spacial score (nSPS) is 11.3. The Labute approximate surface area is 182 Å². The summed E-state index contributed by atoms with van der Waals surface area (Å²) >= 11 is 17.8. The van der Waals surface area contributed by atoms with Gasteiger partial charge in [-0.3, -0.25) is 4.72 Å². The van der Waals surface area contributed by atoms with E-state index in [9.17, 15) is 13.5 Å². The standard InChI is InChI=1S/C18H14Cl3N3O4S/c19-13-5-2-6-14(16(13)21)29(26,27)24-17-18(23-15(20)8-22-17)28-10-12-4-1-3-11(7-12)9-25/h1-8,25H,9-10H2,(H,22,24). The summed E-state index contributed by atoms with van der Waals surface area (Å²) in [6, 6.07) is 11.3. The lowest BCUT2D eigenvalue weighted by atomic mass is 10.1. The summed E-state index contributed by atoms with van der Waals surface area (Å²) in [5, 5.41) is 9.22. The van der Waals surface area contributed by atoms with E-state index in [1.54, 1.807) is 24.3 Å². The van der Waals surface area contributed by atoms with Crippen LogP contribution in [0.1, 0.15) is 11.1 Å². The highest BCUT2D eigenvalue weighted by Gasteiger charge is 2.23. The predicted molar refractivity (Wildman–Crippen MR) is 111 cm³/mol. The number of ether oxygens (including phenoxy) is 1. The third kappa shape index (κ3) is 5.29. The Bertz CT molecular complexity index is 1140. The summed E-state index contributed by atoms with van der Waals surface area (Å²) < 4.78 is 33.4. The molecule has 0 fully saturated rings. The Morgan fingerprint density at radius 1 is 1.07 bits per heavy atom. The van der Waals surface area contributed by atoms with Gasteiger partial charge in [0.25, 0.3) is 15.9 Å². The van der Waals surface area contributed by atoms with Gasteiger partial charge in [-0.05, 0) is 23.3 Å². The van der Waals surface area contributed by atoms with Gasteiger partial charge in [-0.1, -0.05) is 65.1 Å². The van der Waals surface area contributed by atoms with E-state index < -0.39 is 10.0 Å². The number of aliphatic hydroxyl groups is 1. The van der Waals surface area contributed by atoms with Crippen molar-refractivity contribution in [2.24, 2.45) is 0 Å². The number of halogens is 3. The second kappa shape index (κ2) is 9.15. The first-order chi connectivity index (χ1) is 13.8. The third-order valence-corrected chi connectivity index (χ3v) is 6.19. The summed E-state index contributed by atoms with van der Waals surface area (Å²) in [5.74, 6) is -0.280. The number of anilines is 1. The number of hydrogen-bond acceptors (Lipinski definition) is 6. The van der Waals surface area contributed by atoms with Gasteiger partial charge in [0.1, 0.15) is 11.5 Å². The van der Waals surface area contributed by atoms with E-state index in [1.165, 1.54) is 24.4 Å². The fraction of sp³-hybridized carbons (Fsp3) is 0.111. The lowest BCUT2D eigenvalue weighted by Crippen LogP contribution is -2.16. The molecule has 2 N–H and O–H groups in total. The molecule has 0 amide bonds. The van der Waals surface area contributed by atoms with Crippen molar-refractivity contribution in [1.29, 1.82) is 0 Å². The maximum absolute atomic E-state index is 12.7. The van der Waals surface area contributed by atoms with Crippen molar-refractivity contribution in [1.82, 2.24) is 9.97 Å². The van der Waals surface area contributed by atoms with E-state index in [0.717, 1.165) is 5.56 Å². The zero-order valence-corrected chi connectivity index (χ0v) is 17.7. The zero-order chi connectivity index (χ0) is 21.0. The van der Waals surface area contributed by atoms with E-state index in [-0.39, 0.29) is 45.0 Å². The van der Waals surface area contributed by atoms with E-state index >= 15 is 0 Å². The van der Waals surface area contributed by atoms with Crippen LogP contribution < -0.4 is 9.46 Å². The van der Waals surface area contributed by atoms with Gasteiger partial charge in [-0.2, -0.15) is 4.98 Å². The highest BCUT2D eigenvalue weighted by Crippen LogP contribution is 2.31. The lowest BCUT2D eigenvalue weighted by Gasteiger charge is -2.13. The molecule has 0 saturated heterocycles. The van der Waals surface area contributed by atoms with Crippen LogP contribution in [0.3, 0.4) is 0 Å². The first kappa shape index (κ1) is 21.6. The fourth-order valence-corrected chi connectivity index (χ4v) is 4.26. The van der Waals surface area contributed by atoms with Crippen LogP contribution in [-0.2, 0) is 23.2 Å². The molecular formula is C18H14Cl3N3O4S. The van der Waals surface area contributed by atoms with Crippen molar-refractivity contribution in [3.63, 3.8) is 0 Å². The number of nitrogens with zero attached hydrogens (tertiary/aromatic N) is 2. The van der Waals surface area contributed by atoms with Crippen molar-refractivity contribution < 1.29 is 18.3 Å². The molecule has 11 heteroatoms. The molecule has 0 bridgehead atoms. The molecule has 29 heavy (non-hydrogen) atoms. The van der Waals surface area contributed by atoms with Crippen LogP contribution in [0.4, 0.5) is 5.82 Å². The number of aliphatic hydroxyl groups excluding tert-OH is 1. The third-order valence-electron chi connectivity index (χ3n) is 3.70. The quantitative estimate of drug-likeness (QED) is 0.529. The van der Waals surface area contributed by atoms with Gasteiger partial charge in [0.05, 0.1) is 22.8 Å². The van der Waals surface area contributed by atoms with Gasteiger partial charge in [0, 0.05) is 0 Å². The minimum absolute atomic E-state index is 0.0212. The molecule has 152 valence electrons. The molecule has 3 aromatic rings. The van der Waals surface area contributed by atoms with Crippen LogP contribution in [0, 0.1) is 0 Å². The molecular weight excluding hydrogens is 461 g/mol. The van der Waals surface area contributed by atoms with Crippen LogP contribution in [0.15, 0.2) is 53.6 Å². The Kier molecular flexibility index (Phi) is 6.81. The Morgan fingerprint density at radius 2 is 1.79 bits per heavy atom. The molecule has 0 spiro atoms. The molecule has 1 aromatic heterocycles. The molecule has 2 aromatic carbocycles. The minimum Gasteiger partial charge on any atom is -0.470 e. The highest BCUT2D eigenvalue weighted by molar-refractivity contribution is 7.92. The molecule has 0 aliphatic rings. The first-order valence-electron chi connectivity index (χ1n) is 8.11. The zero-order valence-electron chi connectivity index (χ0n) is 14.6. The molecule has 3 rings (SSSR count). The van der Waals surface area contributed by atoms with Crippen LogP contribution in [-0.4, -0.2) is 23.5 Å². The van der Waals surface area contributed by atoms with Crippen LogP contribution >= 0.6 is 34.8 Å². The Balaban J connectivity index is 1.87. The van der Waals surface area contributed by atoms with Crippen LogP contribution in [0.2, 0.25) is 15.2 Å². The van der Waals surface area contributed by atoms with Gasteiger partial charge >= 0.3 is 0 Å². The monoisotopic (exact) mass is 473 g/mol. The second-order valence-corrected chi connectivity index (χ2v) is 8.59. The van der Waals surface area contributed by atoms with Gasteiger partial charge in [0.15, 0.2) is 5.15 Å². The number of benzene rings is 2. The van der Waals surface area contributed by atoms with Crippen molar-refractivity contribution in [3.05, 3.63) is 75.0 Å². The van der Waals surface area contributed by atoms with Crippen molar-refractivity contribution >= 4 is 50.6 Å². The summed E-state index contributed by atoms with van der Waals surface area (Å²) in [5.41, 5.74) is 1.45. The maximum atomic E-state index is 12.7.